The van der Waals surface area contributed by atoms with Gasteiger partial charge >= 0.3 is 0 Å². The molecule has 0 saturated heterocycles. The van der Waals surface area contributed by atoms with E-state index in [2.05, 4.69) is 16.4 Å². The number of aromatic amines is 1. The molecule has 3 aromatic rings. The van der Waals surface area contributed by atoms with Crippen molar-refractivity contribution < 1.29 is 9.50 Å². The number of H-pyrrole nitrogens is 1. The topological polar surface area (TPSA) is 71.8 Å². The van der Waals surface area contributed by atoms with Crippen LogP contribution >= 0.6 is 0 Å². The molecule has 2 aromatic carbocycles. The average Bonchev–Trinajstić information content (AvgIpc) is 3.23. The van der Waals surface area contributed by atoms with Gasteiger partial charge in [0.15, 0.2) is 0 Å². The maximum Gasteiger partial charge on any atom is 0.146 e. The quantitative estimate of drug-likeness (QED) is 0.645. The van der Waals surface area contributed by atoms with Crippen LogP contribution in [0, 0.1) is 17.1 Å². The zero-order valence-corrected chi connectivity index (χ0v) is 12.9. The van der Waals surface area contributed by atoms with E-state index < -0.39 is 6.23 Å². The summed E-state index contributed by atoms with van der Waals surface area (Å²) in [7, 11) is 0. The third kappa shape index (κ3) is 2.56. The maximum absolute atomic E-state index is 13.1. The highest BCUT2D eigenvalue weighted by Gasteiger charge is 2.45. The lowest BCUT2D eigenvalue weighted by Gasteiger charge is -2.22. The van der Waals surface area contributed by atoms with Gasteiger partial charge in [-0.25, -0.2) is 4.39 Å². The molecule has 0 amide bonds. The van der Waals surface area contributed by atoms with Crippen molar-refractivity contribution in [1.29, 1.82) is 5.26 Å². The van der Waals surface area contributed by atoms with Crippen molar-refractivity contribution in [3.8, 4) is 6.07 Å². The number of nitrogens with one attached hydrogen (secondary N) is 2. The van der Waals surface area contributed by atoms with E-state index in [1.807, 2.05) is 12.1 Å². The summed E-state index contributed by atoms with van der Waals surface area (Å²) < 4.78 is 13.1. The molecular weight excluding hydrogens is 305 g/mol. The summed E-state index contributed by atoms with van der Waals surface area (Å²) in [6.07, 6.45) is 0.929. The Hall–Kier alpha value is -2.68. The number of aliphatic hydroxyl groups excluding tert-OH is 1. The first kappa shape index (κ1) is 14.9. The summed E-state index contributed by atoms with van der Waals surface area (Å²) in [5.74, 6) is -0.265. The first-order valence-electron chi connectivity index (χ1n) is 7.84. The molecule has 120 valence electrons. The van der Waals surface area contributed by atoms with Gasteiger partial charge < -0.3 is 10.1 Å². The zero-order valence-electron chi connectivity index (χ0n) is 12.9. The number of aliphatic hydroxyl groups is 1. The van der Waals surface area contributed by atoms with Crippen LogP contribution in [-0.4, -0.2) is 10.1 Å². The number of rotatable bonds is 4. The maximum atomic E-state index is 13.1. The SMILES string of the molecule is N#Cc1ccc2[nH]c(C(O)NC3(c4ccc(F)cc4)CC3)cc2c1. The van der Waals surface area contributed by atoms with Crippen molar-refractivity contribution >= 4 is 10.9 Å². The van der Waals surface area contributed by atoms with E-state index in [1.54, 1.807) is 24.3 Å². The summed E-state index contributed by atoms with van der Waals surface area (Å²) in [5, 5.41) is 23.7. The van der Waals surface area contributed by atoms with Crippen LogP contribution in [0.1, 0.15) is 35.9 Å². The number of nitriles is 1. The second-order valence-corrected chi connectivity index (χ2v) is 6.27. The van der Waals surface area contributed by atoms with Crippen molar-refractivity contribution in [2.45, 2.75) is 24.6 Å². The molecule has 1 fully saturated rings. The van der Waals surface area contributed by atoms with Gasteiger partial charge in [0.25, 0.3) is 0 Å². The molecule has 1 heterocycles. The first-order valence-corrected chi connectivity index (χ1v) is 7.84. The van der Waals surface area contributed by atoms with Crippen LogP contribution in [0.15, 0.2) is 48.5 Å². The average molecular weight is 321 g/mol. The van der Waals surface area contributed by atoms with Crippen LogP contribution in [0.3, 0.4) is 0 Å². The highest BCUT2D eigenvalue weighted by molar-refractivity contribution is 5.81. The molecule has 4 rings (SSSR count). The molecule has 0 aliphatic heterocycles. The molecule has 1 atom stereocenters. The predicted molar refractivity (Wildman–Crippen MR) is 88.4 cm³/mol. The van der Waals surface area contributed by atoms with Crippen molar-refractivity contribution in [3.05, 3.63) is 71.2 Å². The lowest BCUT2D eigenvalue weighted by Crippen LogP contribution is -2.33. The first-order chi connectivity index (χ1) is 11.6. The van der Waals surface area contributed by atoms with Gasteiger partial charge in [0.05, 0.1) is 17.3 Å². The number of aromatic nitrogens is 1. The minimum absolute atomic E-state index is 0.265. The molecule has 1 saturated carbocycles. The van der Waals surface area contributed by atoms with Gasteiger partial charge in [0.2, 0.25) is 0 Å². The zero-order chi connectivity index (χ0) is 16.7. The number of hydrogen-bond donors (Lipinski definition) is 3. The number of nitrogens with zero attached hydrogens (tertiary/aromatic N) is 1. The summed E-state index contributed by atoms with van der Waals surface area (Å²) in [6, 6.07) is 15.7. The van der Waals surface area contributed by atoms with Crippen LogP contribution in [0.25, 0.3) is 10.9 Å². The van der Waals surface area contributed by atoms with Crippen LogP contribution < -0.4 is 5.32 Å². The normalized spacial score (nSPS) is 16.7. The molecule has 0 spiro atoms. The highest BCUT2D eigenvalue weighted by Crippen LogP contribution is 2.46. The van der Waals surface area contributed by atoms with Gasteiger partial charge in [0, 0.05) is 16.4 Å². The summed E-state index contributed by atoms with van der Waals surface area (Å²) >= 11 is 0. The molecule has 1 unspecified atom stereocenters. The molecule has 1 aromatic heterocycles. The Labute approximate surface area is 138 Å². The molecule has 4 nitrogen and oxygen atoms in total. The van der Waals surface area contributed by atoms with Gasteiger partial charge in [-0.05, 0) is 54.8 Å². The number of halogens is 1. The summed E-state index contributed by atoms with van der Waals surface area (Å²) in [4.78, 5) is 3.18. The molecule has 5 heteroatoms. The lowest BCUT2D eigenvalue weighted by molar-refractivity contribution is 0.114. The van der Waals surface area contributed by atoms with Gasteiger partial charge in [0.1, 0.15) is 12.0 Å². The largest absolute Gasteiger partial charge is 0.373 e. The number of benzene rings is 2. The van der Waals surface area contributed by atoms with E-state index >= 15 is 0 Å². The monoisotopic (exact) mass is 321 g/mol. The molecule has 1 aliphatic carbocycles. The number of fused-ring (bicyclic) bond motifs is 1. The smallest absolute Gasteiger partial charge is 0.146 e. The van der Waals surface area contributed by atoms with Crippen molar-refractivity contribution in [2.24, 2.45) is 0 Å². The van der Waals surface area contributed by atoms with Gasteiger partial charge in [-0.15, -0.1) is 0 Å². The fourth-order valence-electron chi connectivity index (χ4n) is 3.12. The molecule has 24 heavy (non-hydrogen) atoms. The Morgan fingerprint density at radius 1 is 1.17 bits per heavy atom. The minimum atomic E-state index is -0.865. The fraction of sp³-hybridized carbons (Fsp3) is 0.211. The van der Waals surface area contributed by atoms with Gasteiger partial charge in [-0.3, -0.25) is 5.32 Å². The Balaban J connectivity index is 1.59. The third-order valence-electron chi connectivity index (χ3n) is 4.63. The second kappa shape index (κ2) is 5.45. The van der Waals surface area contributed by atoms with Crippen LogP contribution in [0.2, 0.25) is 0 Å². The minimum Gasteiger partial charge on any atom is -0.373 e. The molecule has 3 N–H and O–H groups in total. The van der Waals surface area contributed by atoms with Crippen LogP contribution in [-0.2, 0) is 5.54 Å². The van der Waals surface area contributed by atoms with Gasteiger partial charge in [-0.1, -0.05) is 12.1 Å². The third-order valence-corrected chi connectivity index (χ3v) is 4.63. The summed E-state index contributed by atoms with van der Waals surface area (Å²) in [6.45, 7) is 0. The summed E-state index contributed by atoms with van der Waals surface area (Å²) in [5.41, 5.74) is 2.78. The van der Waals surface area contributed by atoms with E-state index in [1.165, 1.54) is 12.1 Å². The van der Waals surface area contributed by atoms with E-state index in [0.29, 0.717) is 11.3 Å². The molecular formula is C19H16FN3O. The van der Waals surface area contributed by atoms with Gasteiger partial charge in [-0.2, -0.15) is 5.26 Å². The highest BCUT2D eigenvalue weighted by atomic mass is 19.1. The lowest BCUT2D eigenvalue weighted by atomic mass is 10.0. The van der Waals surface area contributed by atoms with Crippen molar-refractivity contribution in [1.82, 2.24) is 10.3 Å². The Morgan fingerprint density at radius 3 is 2.58 bits per heavy atom. The van der Waals surface area contributed by atoms with E-state index in [0.717, 1.165) is 29.3 Å². The van der Waals surface area contributed by atoms with Crippen LogP contribution in [0.5, 0.6) is 0 Å². The predicted octanol–water partition coefficient (Wildman–Crippen LogP) is 3.45. The Bertz CT molecular complexity index is 935. The molecule has 0 bridgehead atoms. The van der Waals surface area contributed by atoms with E-state index in [9.17, 15) is 9.50 Å². The molecule has 1 aliphatic rings. The fourth-order valence-corrected chi connectivity index (χ4v) is 3.12. The molecule has 0 radical (unpaired) electrons. The Morgan fingerprint density at radius 2 is 1.92 bits per heavy atom. The van der Waals surface area contributed by atoms with E-state index in [-0.39, 0.29) is 11.4 Å². The second-order valence-electron chi connectivity index (χ2n) is 6.27. The van der Waals surface area contributed by atoms with Crippen molar-refractivity contribution in [2.75, 3.05) is 0 Å². The standard InChI is InChI=1S/C19H16FN3O/c20-15-4-2-14(3-5-15)19(7-8-19)23-18(24)17-10-13-9-12(11-21)1-6-16(13)22-17/h1-6,9-10,18,22-24H,7-8H2. The number of hydrogen-bond acceptors (Lipinski definition) is 3. The Kier molecular flexibility index (Phi) is 3.38. The van der Waals surface area contributed by atoms with E-state index in [4.69, 9.17) is 5.26 Å². The van der Waals surface area contributed by atoms with Crippen LogP contribution in [0.4, 0.5) is 4.39 Å². The van der Waals surface area contributed by atoms with Crippen molar-refractivity contribution in [3.63, 3.8) is 0 Å².